The maximum absolute atomic E-state index is 15.3. The predicted octanol–water partition coefficient (Wildman–Crippen LogP) is 6.76. The zero-order valence-electron chi connectivity index (χ0n) is 23.0. The lowest BCUT2D eigenvalue weighted by molar-refractivity contribution is 0.400. The van der Waals surface area contributed by atoms with E-state index < -0.39 is 0 Å². The van der Waals surface area contributed by atoms with Gasteiger partial charge in [0.1, 0.15) is 23.4 Å². The molecule has 0 saturated carbocycles. The third-order valence-electron chi connectivity index (χ3n) is 7.16. The Morgan fingerprint density at radius 1 is 0.974 bits per heavy atom. The van der Waals surface area contributed by atoms with Crippen molar-refractivity contribution in [2.75, 3.05) is 12.4 Å². The summed E-state index contributed by atoms with van der Waals surface area (Å²) in [6.07, 6.45) is 7.02. The summed E-state index contributed by atoms with van der Waals surface area (Å²) in [6.45, 7) is 8.68. The second kappa shape index (κ2) is 11.3. The van der Waals surface area contributed by atoms with Crippen LogP contribution in [-0.2, 0) is 6.54 Å². The fraction of sp³-hybridized carbons (Fsp3) is 0.250. The molecule has 0 spiro atoms. The van der Waals surface area contributed by atoms with E-state index in [0.717, 1.165) is 50.5 Å². The van der Waals surface area contributed by atoms with Gasteiger partial charge in [-0.1, -0.05) is 44.2 Å². The number of aromatic nitrogens is 2. The van der Waals surface area contributed by atoms with Gasteiger partial charge in [0.15, 0.2) is 0 Å². The Bertz CT molecular complexity index is 1530. The molecule has 0 saturated heterocycles. The number of nitrogens with one attached hydrogen (secondary N) is 3. The van der Waals surface area contributed by atoms with Crippen LogP contribution in [0.1, 0.15) is 48.1 Å². The van der Waals surface area contributed by atoms with E-state index in [1.807, 2.05) is 50.4 Å². The lowest BCUT2D eigenvalue weighted by Gasteiger charge is -2.25. The van der Waals surface area contributed by atoms with Crippen LogP contribution >= 0.6 is 0 Å². The van der Waals surface area contributed by atoms with E-state index in [1.165, 1.54) is 0 Å². The van der Waals surface area contributed by atoms with Gasteiger partial charge in [-0.15, -0.1) is 0 Å². The Kier molecular flexibility index (Phi) is 7.61. The van der Waals surface area contributed by atoms with Gasteiger partial charge in [-0.05, 0) is 71.5 Å². The molecule has 1 aliphatic rings. The van der Waals surface area contributed by atoms with Crippen LogP contribution in [0.5, 0.6) is 5.75 Å². The molecule has 200 valence electrons. The smallest absolute Gasteiger partial charge is 0.142 e. The van der Waals surface area contributed by atoms with Gasteiger partial charge < -0.3 is 20.7 Å². The van der Waals surface area contributed by atoms with Crippen molar-refractivity contribution in [3.63, 3.8) is 0 Å². The Morgan fingerprint density at radius 3 is 2.46 bits per heavy atom. The molecular formula is C32H34FN5O. The zero-order valence-corrected chi connectivity index (χ0v) is 23.0. The first kappa shape index (κ1) is 26.4. The summed E-state index contributed by atoms with van der Waals surface area (Å²) < 4.78 is 20.9. The molecule has 2 heterocycles. The quantitative estimate of drug-likeness (QED) is 0.237. The SMILES string of the molecule is COc1cc(-c2cccc(-c3cccc(NC4NC=Cc5nccnc54)c3C)c2C)cc(F)c1CNC(C)C. The number of rotatable bonds is 8. The molecule has 7 heteroatoms. The zero-order chi connectivity index (χ0) is 27.5. The van der Waals surface area contributed by atoms with Gasteiger partial charge in [0.2, 0.25) is 0 Å². The van der Waals surface area contributed by atoms with Gasteiger partial charge in [0.05, 0.1) is 12.8 Å². The average molecular weight is 524 g/mol. The molecule has 6 nitrogen and oxygen atoms in total. The fourth-order valence-electron chi connectivity index (χ4n) is 5.03. The molecule has 0 aliphatic carbocycles. The number of fused-ring (bicyclic) bond motifs is 1. The third-order valence-corrected chi connectivity index (χ3v) is 7.16. The first-order valence-corrected chi connectivity index (χ1v) is 13.2. The number of benzene rings is 3. The molecule has 0 fully saturated rings. The van der Waals surface area contributed by atoms with Crippen LogP contribution in [-0.4, -0.2) is 23.1 Å². The summed E-state index contributed by atoms with van der Waals surface area (Å²) in [5.41, 5.74) is 9.37. The molecule has 4 aromatic rings. The van der Waals surface area contributed by atoms with Crippen LogP contribution in [0.25, 0.3) is 28.3 Å². The summed E-state index contributed by atoms with van der Waals surface area (Å²) in [7, 11) is 1.59. The minimum atomic E-state index is -0.276. The minimum Gasteiger partial charge on any atom is -0.496 e. The molecule has 3 N–H and O–H groups in total. The number of hydrogen-bond acceptors (Lipinski definition) is 6. The van der Waals surface area contributed by atoms with Crippen molar-refractivity contribution in [1.29, 1.82) is 0 Å². The molecule has 1 aliphatic heterocycles. The molecule has 0 amide bonds. The number of ether oxygens (including phenoxy) is 1. The van der Waals surface area contributed by atoms with E-state index in [9.17, 15) is 0 Å². The Morgan fingerprint density at radius 2 is 1.69 bits per heavy atom. The molecule has 0 radical (unpaired) electrons. The summed E-state index contributed by atoms with van der Waals surface area (Å²) in [5.74, 6) is 0.268. The second-order valence-electron chi connectivity index (χ2n) is 10.0. The van der Waals surface area contributed by atoms with Gasteiger partial charge in [-0.2, -0.15) is 0 Å². The predicted molar refractivity (Wildman–Crippen MR) is 156 cm³/mol. The van der Waals surface area contributed by atoms with Crippen LogP contribution < -0.4 is 20.7 Å². The van der Waals surface area contributed by atoms with Crippen molar-refractivity contribution >= 4 is 11.8 Å². The van der Waals surface area contributed by atoms with Crippen molar-refractivity contribution in [1.82, 2.24) is 20.6 Å². The number of nitrogens with zero attached hydrogens (tertiary/aromatic N) is 2. The summed E-state index contributed by atoms with van der Waals surface area (Å²) in [4.78, 5) is 8.95. The highest BCUT2D eigenvalue weighted by Gasteiger charge is 2.21. The molecule has 5 rings (SSSR count). The number of anilines is 1. The highest BCUT2D eigenvalue weighted by molar-refractivity contribution is 5.82. The van der Waals surface area contributed by atoms with E-state index in [1.54, 1.807) is 25.6 Å². The van der Waals surface area contributed by atoms with Crippen LogP contribution in [0, 0.1) is 19.7 Å². The molecule has 1 aromatic heterocycles. The monoisotopic (exact) mass is 523 g/mol. The van der Waals surface area contributed by atoms with Crippen LogP contribution in [0.4, 0.5) is 10.1 Å². The Labute approximate surface area is 229 Å². The maximum atomic E-state index is 15.3. The van der Waals surface area contributed by atoms with Gasteiger partial charge in [0.25, 0.3) is 0 Å². The lowest BCUT2D eigenvalue weighted by atomic mass is 9.90. The maximum Gasteiger partial charge on any atom is 0.142 e. The highest BCUT2D eigenvalue weighted by Crippen LogP contribution is 2.38. The van der Waals surface area contributed by atoms with Crippen molar-refractivity contribution in [3.8, 4) is 28.0 Å². The van der Waals surface area contributed by atoms with Gasteiger partial charge >= 0.3 is 0 Å². The normalized spacial score (nSPS) is 14.2. The van der Waals surface area contributed by atoms with Crippen LogP contribution in [0.3, 0.4) is 0 Å². The average Bonchev–Trinajstić information content (AvgIpc) is 2.93. The van der Waals surface area contributed by atoms with Crippen LogP contribution in [0.2, 0.25) is 0 Å². The fourth-order valence-corrected chi connectivity index (χ4v) is 5.03. The number of hydrogen-bond donors (Lipinski definition) is 3. The third kappa shape index (κ3) is 5.36. The summed E-state index contributed by atoms with van der Waals surface area (Å²) in [5, 5.41) is 10.2. The van der Waals surface area contributed by atoms with Crippen LogP contribution in [0.15, 0.2) is 67.1 Å². The Hall–Kier alpha value is -4.23. The van der Waals surface area contributed by atoms with E-state index in [2.05, 4.69) is 58.0 Å². The first-order valence-electron chi connectivity index (χ1n) is 13.2. The highest BCUT2D eigenvalue weighted by atomic mass is 19.1. The molecule has 1 atom stereocenters. The minimum absolute atomic E-state index is 0.195. The first-order chi connectivity index (χ1) is 18.9. The molecule has 3 aromatic carbocycles. The van der Waals surface area contributed by atoms with E-state index in [0.29, 0.717) is 17.9 Å². The van der Waals surface area contributed by atoms with Crippen molar-refractivity contribution < 1.29 is 9.13 Å². The van der Waals surface area contributed by atoms with Gasteiger partial charge in [-0.3, -0.25) is 9.97 Å². The van der Waals surface area contributed by atoms with E-state index in [4.69, 9.17) is 4.74 Å². The van der Waals surface area contributed by atoms with E-state index in [-0.39, 0.29) is 18.0 Å². The van der Waals surface area contributed by atoms with E-state index >= 15 is 4.39 Å². The topological polar surface area (TPSA) is 71.1 Å². The van der Waals surface area contributed by atoms with Crippen molar-refractivity contribution in [2.24, 2.45) is 0 Å². The van der Waals surface area contributed by atoms with Gasteiger partial charge in [-0.25, -0.2) is 4.39 Å². The molecular weight excluding hydrogens is 489 g/mol. The second-order valence-corrected chi connectivity index (χ2v) is 10.0. The molecule has 1 unspecified atom stereocenters. The molecule has 39 heavy (non-hydrogen) atoms. The summed E-state index contributed by atoms with van der Waals surface area (Å²) in [6, 6.07) is 16.2. The summed E-state index contributed by atoms with van der Waals surface area (Å²) >= 11 is 0. The standard InChI is InChI=1S/C32H34FN5O/c1-19(2)37-18-26-27(33)16-22(17-30(26)39-5)23-8-6-9-24(20(23)3)25-10-7-11-28(21(25)4)38-32-31-29(12-13-36-32)34-14-15-35-31/h6-17,19,32,36-38H,18H2,1-5H3. The molecule has 0 bridgehead atoms. The van der Waals surface area contributed by atoms with Crippen molar-refractivity contribution in [2.45, 2.75) is 46.4 Å². The Balaban J connectivity index is 1.49. The van der Waals surface area contributed by atoms with Crippen molar-refractivity contribution in [3.05, 3.63) is 101 Å². The number of methoxy groups -OCH3 is 1. The largest absolute Gasteiger partial charge is 0.496 e. The van der Waals surface area contributed by atoms with Gasteiger partial charge in [0, 0.05) is 42.4 Å². The number of halogens is 1. The lowest BCUT2D eigenvalue weighted by Crippen LogP contribution is -2.28.